The van der Waals surface area contributed by atoms with Crippen LogP contribution in [0.2, 0.25) is 0 Å². The molecule has 32 heavy (non-hydrogen) atoms. The first kappa shape index (κ1) is 25.1. The van der Waals surface area contributed by atoms with Crippen LogP contribution in [0.1, 0.15) is 31.4 Å². The highest BCUT2D eigenvalue weighted by Gasteiger charge is 2.21. The summed E-state index contributed by atoms with van der Waals surface area (Å²) in [5.74, 6) is 0. The van der Waals surface area contributed by atoms with Gasteiger partial charge in [-0.2, -0.15) is 10.5 Å². The van der Waals surface area contributed by atoms with Crippen molar-refractivity contribution in [2.24, 2.45) is 0 Å². The second-order valence-corrected chi connectivity index (χ2v) is 7.91. The van der Waals surface area contributed by atoms with Gasteiger partial charge < -0.3 is 20.9 Å². The third kappa shape index (κ3) is 7.81. The lowest BCUT2D eigenvalue weighted by atomic mass is 10.1. The average molecular weight is 465 g/mol. The van der Waals surface area contributed by atoms with Crippen molar-refractivity contribution in [3.8, 4) is 12.1 Å². The van der Waals surface area contributed by atoms with Crippen molar-refractivity contribution in [1.29, 1.82) is 10.5 Å². The molecule has 0 amide bonds. The van der Waals surface area contributed by atoms with Gasteiger partial charge in [-0.15, -0.1) is 0 Å². The Balaban J connectivity index is 1.99. The molecule has 0 aromatic heterocycles. The maximum absolute atomic E-state index is 9.77. The van der Waals surface area contributed by atoms with Crippen LogP contribution in [-0.4, -0.2) is 34.3 Å². The first-order chi connectivity index (χ1) is 15.5. The zero-order valence-corrected chi connectivity index (χ0v) is 20.0. The molecule has 0 aliphatic carbocycles. The van der Waals surface area contributed by atoms with Crippen molar-refractivity contribution in [2.45, 2.75) is 39.2 Å². The zero-order valence-electron chi connectivity index (χ0n) is 18.4. The Kier molecular flexibility index (Phi) is 10.4. The minimum Gasteiger partial charge on any atom is -0.359 e. The van der Waals surface area contributed by atoms with E-state index in [9.17, 15) is 5.26 Å². The summed E-state index contributed by atoms with van der Waals surface area (Å²) in [7, 11) is 0. The number of thiocarbonyl (C=S) groups is 2. The van der Waals surface area contributed by atoms with Crippen LogP contribution < -0.4 is 16.0 Å². The Hall–Kier alpha value is -3.20. The largest absolute Gasteiger partial charge is 0.359 e. The van der Waals surface area contributed by atoms with E-state index in [0.717, 1.165) is 24.2 Å². The van der Waals surface area contributed by atoms with E-state index >= 15 is 0 Å². The molecular weight excluding hydrogens is 436 g/mol. The Labute approximate surface area is 201 Å². The summed E-state index contributed by atoms with van der Waals surface area (Å²) in [6.45, 7) is 4.81. The highest BCUT2D eigenvalue weighted by molar-refractivity contribution is 7.80. The van der Waals surface area contributed by atoms with Gasteiger partial charge in [-0.3, -0.25) is 0 Å². The van der Waals surface area contributed by atoms with Gasteiger partial charge in [0.1, 0.15) is 6.04 Å². The SMILES string of the molecule is CCc1ccc(NC(=S)NCC(C#N)N(CCC#N)C(=S)Nc2ccc(CC)cc2)cc1. The van der Waals surface area contributed by atoms with Gasteiger partial charge >= 0.3 is 0 Å². The summed E-state index contributed by atoms with van der Waals surface area (Å²) in [6, 6.07) is 19.8. The summed E-state index contributed by atoms with van der Waals surface area (Å²) < 4.78 is 0. The summed E-state index contributed by atoms with van der Waals surface area (Å²) in [5.41, 5.74) is 4.19. The smallest absolute Gasteiger partial charge is 0.174 e. The van der Waals surface area contributed by atoms with Gasteiger partial charge in [0, 0.05) is 17.9 Å². The zero-order chi connectivity index (χ0) is 23.3. The molecule has 0 aliphatic heterocycles. The number of hydrogen-bond acceptors (Lipinski definition) is 4. The minimum atomic E-state index is -0.597. The molecule has 0 heterocycles. The van der Waals surface area contributed by atoms with Gasteiger partial charge in [-0.1, -0.05) is 38.1 Å². The van der Waals surface area contributed by atoms with Crippen LogP contribution in [0.25, 0.3) is 0 Å². The van der Waals surface area contributed by atoms with Gasteiger partial charge in [0.25, 0.3) is 0 Å². The van der Waals surface area contributed by atoms with E-state index in [0.29, 0.717) is 16.8 Å². The Morgan fingerprint density at radius 2 is 1.44 bits per heavy atom. The second kappa shape index (κ2) is 13.3. The average Bonchev–Trinajstić information content (AvgIpc) is 2.82. The molecule has 2 rings (SSSR count). The van der Waals surface area contributed by atoms with Crippen LogP contribution in [0.3, 0.4) is 0 Å². The Bertz CT molecular complexity index is 974. The molecule has 0 aliphatic rings. The van der Waals surface area contributed by atoms with Crippen molar-refractivity contribution in [3.05, 3.63) is 59.7 Å². The molecule has 0 spiro atoms. The quantitative estimate of drug-likeness (QED) is 0.464. The molecule has 166 valence electrons. The molecule has 0 bridgehead atoms. The predicted molar refractivity (Wildman–Crippen MR) is 138 cm³/mol. The van der Waals surface area contributed by atoms with Crippen LogP contribution >= 0.6 is 24.4 Å². The minimum absolute atomic E-state index is 0.251. The number of nitriles is 2. The standard InChI is InChI=1S/C24H28N6S2/c1-3-18-6-10-20(11-7-18)28-23(31)27-17-22(16-26)30(15-5-14-25)24(32)29-21-12-8-19(4-2)9-13-21/h6-13,22H,3-5,15,17H2,1-2H3,(H,29,32)(H2,27,28,31). The number of nitrogens with one attached hydrogen (secondary N) is 3. The Morgan fingerprint density at radius 3 is 1.91 bits per heavy atom. The molecule has 1 atom stereocenters. The third-order valence-electron chi connectivity index (χ3n) is 4.94. The number of rotatable bonds is 9. The fourth-order valence-electron chi connectivity index (χ4n) is 3.00. The number of aryl methyl sites for hydroxylation is 2. The predicted octanol–water partition coefficient (Wildman–Crippen LogP) is 4.60. The summed E-state index contributed by atoms with van der Waals surface area (Å²) >= 11 is 10.9. The van der Waals surface area contributed by atoms with Crippen LogP contribution in [-0.2, 0) is 12.8 Å². The summed E-state index contributed by atoms with van der Waals surface area (Å²) in [5, 5.41) is 29.0. The maximum Gasteiger partial charge on any atom is 0.174 e. The number of nitrogens with zero attached hydrogens (tertiary/aromatic N) is 3. The normalized spacial score (nSPS) is 10.9. The molecule has 1 unspecified atom stereocenters. The van der Waals surface area contributed by atoms with Gasteiger partial charge in [-0.05, 0) is 72.7 Å². The van der Waals surface area contributed by atoms with Gasteiger partial charge in [-0.25, -0.2) is 0 Å². The van der Waals surface area contributed by atoms with E-state index in [2.05, 4.69) is 41.9 Å². The van der Waals surface area contributed by atoms with E-state index < -0.39 is 6.04 Å². The van der Waals surface area contributed by atoms with Crippen molar-refractivity contribution in [1.82, 2.24) is 10.2 Å². The molecule has 2 aromatic carbocycles. The van der Waals surface area contributed by atoms with Crippen molar-refractivity contribution in [3.63, 3.8) is 0 Å². The van der Waals surface area contributed by atoms with Crippen LogP contribution in [0.15, 0.2) is 48.5 Å². The van der Waals surface area contributed by atoms with Crippen LogP contribution in [0, 0.1) is 22.7 Å². The number of anilines is 2. The summed E-state index contributed by atoms with van der Waals surface area (Å²) in [6.07, 6.45) is 2.18. The lowest BCUT2D eigenvalue weighted by Crippen LogP contribution is -2.48. The highest BCUT2D eigenvalue weighted by atomic mass is 32.1. The number of benzene rings is 2. The molecular formula is C24H28N6S2. The fraction of sp³-hybridized carbons (Fsp3) is 0.333. The van der Waals surface area contributed by atoms with E-state index in [1.54, 1.807) is 4.90 Å². The molecule has 2 aromatic rings. The van der Waals surface area contributed by atoms with Gasteiger partial charge in [0.05, 0.1) is 25.1 Å². The van der Waals surface area contributed by atoms with E-state index in [-0.39, 0.29) is 13.0 Å². The second-order valence-electron chi connectivity index (χ2n) is 7.11. The topological polar surface area (TPSA) is 86.9 Å². The van der Waals surface area contributed by atoms with E-state index in [1.165, 1.54) is 11.1 Å². The maximum atomic E-state index is 9.77. The van der Waals surface area contributed by atoms with E-state index in [4.69, 9.17) is 29.7 Å². The molecule has 0 fully saturated rings. The lowest BCUT2D eigenvalue weighted by molar-refractivity contribution is 0.374. The number of hydrogen-bond donors (Lipinski definition) is 3. The van der Waals surface area contributed by atoms with Crippen molar-refractivity contribution in [2.75, 3.05) is 23.7 Å². The van der Waals surface area contributed by atoms with Crippen molar-refractivity contribution >= 4 is 46.0 Å². The first-order valence-electron chi connectivity index (χ1n) is 10.6. The molecule has 0 saturated carbocycles. The first-order valence-corrected chi connectivity index (χ1v) is 11.4. The van der Waals surface area contributed by atoms with E-state index in [1.807, 2.05) is 48.5 Å². The molecule has 0 radical (unpaired) electrons. The van der Waals surface area contributed by atoms with Gasteiger partial charge in [0.15, 0.2) is 10.2 Å². The van der Waals surface area contributed by atoms with Crippen molar-refractivity contribution < 1.29 is 0 Å². The summed E-state index contributed by atoms with van der Waals surface area (Å²) in [4.78, 5) is 1.72. The highest BCUT2D eigenvalue weighted by Crippen LogP contribution is 2.13. The third-order valence-corrected chi connectivity index (χ3v) is 5.52. The Morgan fingerprint density at radius 1 is 0.906 bits per heavy atom. The van der Waals surface area contributed by atoms with Crippen LogP contribution in [0.5, 0.6) is 0 Å². The molecule has 3 N–H and O–H groups in total. The molecule has 6 nitrogen and oxygen atoms in total. The van der Waals surface area contributed by atoms with Crippen LogP contribution in [0.4, 0.5) is 11.4 Å². The van der Waals surface area contributed by atoms with Gasteiger partial charge in [0.2, 0.25) is 0 Å². The molecule has 8 heteroatoms. The monoisotopic (exact) mass is 464 g/mol. The molecule has 0 saturated heterocycles. The fourth-order valence-corrected chi connectivity index (χ4v) is 3.54. The lowest BCUT2D eigenvalue weighted by Gasteiger charge is -2.30.